The Bertz CT molecular complexity index is 2970. The number of ether oxygens (including phenoxy) is 1. The summed E-state index contributed by atoms with van der Waals surface area (Å²) in [4.78, 5) is 4.78. The molecule has 2 heterocycles. The molecule has 58 heavy (non-hydrogen) atoms. The lowest BCUT2D eigenvalue weighted by Gasteiger charge is -2.45. The maximum atomic E-state index is 6.65. The van der Waals surface area contributed by atoms with Crippen molar-refractivity contribution in [2.24, 2.45) is 0 Å². The van der Waals surface area contributed by atoms with E-state index in [4.69, 9.17) is 4.74 Å². The van der Waals surface area contributed by atoms with Crippen molar-refractivity contribution in [2.75, 3.05) is 9.80 Å². The first-order valence-corrected chi connectivity index (χ1v) is 20.0. The van der Waals surface area contributed by atoms with Crippen LogP contribution in [0.2, 0.25) is 0 Å². The van der Waals surface area contributed by atoms with Crippen molar-refractivity contribution in [2.45, 2.75) is 19.3 Å². The van der Waals surface area contributed by atoms with Crippen molar-refractivity contribution in [3.05, 3.63) is 217 Å². The Morgan fingerprint density at radius 3 is 1.59 bits per heavy atom. The Morgan fingerprint density at radius 2 is 0.914 bits per heavy atom. The molecule has 11 rings (SSSR count). The van der Waals surface area contributed by atoms with Crippen LogP contribution in [-0.2, 0) is 5.41 Å². The van der Waals surface area contributed by atoms with E-state index in [-0.39, 0.29) is 5.41 Å². The summed E-state index contributed by atoms with van der Waals surface area (Å²) in [5.74, 6) is 1.77. The molecule has 0 aromatic heterocycles. The zero-order valence-corrected chi connectivity index (χ0v) is 32.4. The molecule has 2 aliphatic rings. The van der Waals surface area contributed by atoms with E-state index in [1.165, 1.54) is 61.0 Å². The van der Waals surface area contributed by atoms with E-state index in [2.05, 4.69) is 230 Å². The van der Waals surface area contributed by atoms with Gasteiger partial charge in [-0.1, -0.05) is 166 Å². The number of hydrogen-bond donors (Lipinski definition) is 0. The third kappa shape index (κ3) is 5.50. The number of nitrogens with zero attached hydrogens (tertiary/aromatic N) is 2. The second-order valence-corrected chi connectivity index (χ2v) is 15.8. The Balaban J connectivity index is 0.931. The minimum Gasteiger partial charge on any atom is -0.453 e. The first-order chi connectivity index (χ1) is 28.5. The lowest BCUT2D eigenvalue weighted by molar-refractivity contribution is 0.472. The third-order valence-electron chi connectivity index (χ3n) is 12.0. The minimum atomic E-state index is -0.209. The van der Waals surface area contributed by atoms with Crippen LogP contribution in [0, 0.1) is 0 Å². The maximum Gasteiger partial charge on any atom is 0.152 e. The summed E-state index contributed by atoms with van der Waals surface area (Å²) in [6, 6.07) is 74.2. The molecule has 9 aromatic carbocycles. The Labute approximate surface area is 339 Å². The van der Waals surface area contributed by atoms with E-state index >= 15 is 0 Å². The summed E-state index contributed by atoms with van der Waals surface area (Å²) in [5, 5.41) is 2.38. The number of fused-ring (bicyclic) bond motifs is 6. The van der Waals surface area contributed by atoms with Crippen LogP contribution in [-0.4, -0.2) is 0 Å². The highest BCUT2D eigenvalue weighted by Crippen LogP contribution is 2.61. The molecule has 0 saturated carbocycles. The molecule has 0 radical (unpaired) electrons. The smallest absolute Gasteiger partial charge is 0.152 e. The van der Waals surface area contributed by atoms with Crippen molar-refractivity contribution in [1.82, 2.24) is 0 Å². The van der Waals surface area contributed by atoms with Gasteiger partial charge in [-0.05, 0) is 104 Å². The molecule has 0 aliphatic carbocycles. The van der Waals surface area contributed by atoms with Gasteiger partial charge in [0.25, 0.3) is 0 Å². The van der Waals surface area contributed by atoms with Crippen LogP contribution < -0.4 is 14.5 Å². The normalized spacial score (nSPS) is 13.2. The summed E-state index contributed by atoms with van der Waals surface area (Å²) >= 11 is 0. The number of hydrogen-bond acceptors (Lipinski definition) is 3. The van der Waals surface area contributed by atoms with Crippen LogP contribution in [0.3, 0.4) is 0 Å². The summed E-state index contributed by atoms with van der Waals surface area (Å²) in [7, 11) is 0. The molecule has 3 nitrogen and oxygen atoms in total. The highest BCUT2D eigenvalue weighted by molar-refractivity contribution is 6.06. The molecule has 9 aromatic rings. The zero-order chi connectivity index (χ0) is 38.8. The zero-order valence-electron chi connectivity index (χ0n) is 32.4. The lowest BCUT2D eigenvalue weighted by Crippen LogP contribution is -2.32. The van der Waals surface area contributed by atoms with Gasteiger partial charge in [-0.15, -0.1) is 0 Å². The van der Waals surface area contributed by atoms with Crippen LogP contribution >= 0.6 is 0 Å². The van der Waals surface area contributed by atoms with Crippen LogP contribution in [0.1, 0.15) is 25.0 Å². The van der Waals surface area contributed by atoms with Crippen molar-refractivity contribution in [3.8, 4) is 44.9 Å². The molecule has 0 N–H and O–H groups in total. The van der Waals surface area contributed by atoms with Crippen LogP contribution in [0.4, 0.5) is 34.1 Å². The fourth-order valence-electron chi connectivity index (χ4n) is 9.04. The summed E-state index contributed by atoms with van der Waals surface area (Å²) in [6.45, 7) is 4.66. The summed E-state index contributed by atoms with van der Waals surface area (Å²) in [5.41, 5.74) is 16.3. The van der Waals surface area contributed by atoms with Gasteiger partial charge in [-0.3, -0.25) is 0 Å². The van der Waals surface area contributed by atoms with Gasteiger partial charge in [0.05, 0.1) is 17.1 Å². The molecular formula is C55H40N2O. The van der Waals surface area contributed by atoms with Gasteiger partial charge in [-0.25, -0.2) is 0 Å². The molecule has 0 bridgehead atoms. The number of para-hydroxylation sites is 2. The standard InChI is InChI=1S/C55H40N2O/c1-55(2)48-34-28-43(36-50(48)57-53-47-17-10-9-14-42(47)29-35-52(53)58-51-19-11-18-49(55)54(51)57)41-22-20-38(21-23-41)40-26-32-46(33-27-40)56(44-15-7-4-8-16-44)45-30-24-39(25-31-45)37-12-5-3-6-13-37/h3-36H,1-2H3. The topological polar surface area (TPSA) is 15.7 Å². The summed E-state index contributed by atoms with van der Waals surface area (Å²) < 4.78 is 6.65. The molecule has 0 atom stereocenters. The van der Waals surface area contributed by atoms with E-state index in [1.807, 2.05) is 0 Å². The molecule has 0 saturated heterocycles. The molecule has 0 fully saturated rings. The maximum absolute atomic E-state index is 6.65. The van der Waals surface area contributed by atoms with Gasteiger partial charge in [0, 0.05) is 27.9 Å². The molecule has 2 aliphatic heterocycles. The molecule has 0 unspecified atom stereocenters. The molecule has 276 valence electrons. The lowest BCUT2D eigenvalue weighted by atomic mass is 9.72. The van der Waals surface area contributed by atoms with Gasteiger partial charge < -0.3 is 14.5 Å². The highest BCUT2D eigenvalue weighted by atomic mass is 16.5. The van der Waals surface area contributed by atoms with Gasteiger partial charge in [0.15, 0.2) is 11.5 Å². The Morgan fingerprint density at radius 1 is 0.397 bits per heavy atom. The Hall–Kier alpha value is -7.36. The second-order valence-electron chi connectivity index (χ2n) is 15.8. The quantitative estimate of drug-likeness (QED) is 0.169. The number of anilines is 6. The number of rotatable bonds is 6. The van der Waals surface area contributed by atoms with Crippen molar-refractivity contribution in [3.63, 3.8) is 0 Å². The van der Waals surface area contributed by atoms with Crippen molar-refractivity contribution in [1.29, 1.82) is 0 Å². The molecule has 0 spiro atoms. The van der Waals surface area contributed by atoms with Crippen molar-refractivity contribution < 1.29 is 4.74 Å². The molecular weight excluding hydrogens is 705 g/mol. The Kier molecular flexibility index (Phi) is 7.84. The fraction of sp³-hybridized carbons (Fsp3) is 0.0545. The van der Waals surface area contributed by atoms with Gasteiger partial charge in [-0.2, -0.15) is 0 Å². The van der Waals surface area contributed by atoms with E-state index in [0.717, 1.165) is 39.9 Å². The third-order valence-corrected chi connectivity index (χ3v) is 12.0. The average molecular weight is 745 g/mol. The first-order valence-electron chi connectivity index (χ1n) is 20.0. The van der Waals surface area contributed by atoms with Crippen LogP contribution in [0.15, 0.2) is 206 Å². The van der Waals surface area contributed by atoms with E-state index in [9.17, 15) is 0 Å². The van der Waals surface area contributed by atoms with E-state index in [1.54, 1.807) is 0 Å². The van der Waals surface area contributed by atoms with E-state index in [0.29, 0.717) is 0 Å². The monoisotopic (exact) mass is 744 g/mol. The predicted octanol–water partition coefficient (Wildman–Crippen LogP) is 15.5. The summed E-state index contributed by atoms with van der Waals surface area (Å²) in [6.07, 6.45) is 0. The van der Waals surface area contributed by atoms with E-state index < -0.39 is 0 Å². The molecule has 0 amide bonds. The minimum absolute atomic E-state index is 0.209. The second kappa shape index (κ2) is 13.4. The predicted molar refractivity (Wildman–Crippen MR) is 242 cm³/mol. The van der Waals surface area contributed by atoms with Gasteiger partial charge in [0.1, 0.15) is 0 Å². The van der Waals surface area contributed by atoms with Crippen LogP contribution in [0.5, 0.6) is 11.5 Å². The first kappa shape index (κ1) is 33.9. The largest absolute Gasteiger partial charge is 0.453 e. The molecule has 3 heteroatoms. The highest BCUT2D eigenvalue weighted by Gasteiger charge is 2.42. The number of benzene rings is 9. The fourth-order valence-corrected chi connectivity index (χ4v) is 9.04. The van der Waals surface area contributed by atoms with Crippen LogP contribution in [0.25, 0.3) is 44.2 Å². The SMILES string of the molecule is CC1(C)c2ccc(-c3ccc(-c4ccc(N(c5ccccc5)c5ccc(-c6ccccc6)cc5)cc4)cc3)cc2N2c3c(cccc31)Oc1ccc3ccccc3c12. The van der Waals surface area contributed by atoms with Gasteiger partial charge in [0.2, 0.25) is 0 Å². The average Bonchev–Trinajstić information content (AvgIpc) is 3.29. The van der Waals surface area contributed by atoms with Gasteiger partial charge >= 0.3 is 0 Å². The van der Waals surface area contributed by atoms with Crippen molar-refractivity contribution >= 4 is 44.9 Å².